The summed E-state index contributed by atoms with van der Waals surface area (Å²) in [6.45, 7) is 2.45. The van der Waals surface area contributed by atoms with Gasteiger partial charge in [-0.3, -0.25) is 0 Å². The number of aryl methyl sites for hydroxylation is 1. The van der Waals surface area contributed by atoms with Crippen molar-refractivity contribution in [2.75, 3.05) is 7.05 Å². The van der Waals surface area contributed by atoms with Crippen LogP contribution in [0.25, 0.3) is 21.7 Å². The molecule has 0 saturated carbocycles. The average Bonchev–Trinajstić information content (AvgIpc) is 3.47. The molecule has 3 aromatic carbocycles. The van der Waals surface area contributed by atoms with Gasteiger partial charge in [0.25, 0.3) is 5.95 Å². The van der Waals surface area contributed by atoms with E-state index in [0.717, 1.165) is 31.8 Å². The number of ether oxygens (including phenoxy) is 2. The van der Waals surface area contributed by atoms with Crippen molar-refractivity contribution in [3.05, 3.63) is 76.0 Å². The van der Waals surface area contributed by atoms with Crippen molar-refractivity contribution >= 4 is 43.8 Å². The van der Waals surface area contributed by atoms with Crippen molar-refractivity contribution in [2.24, 2.45) is 0 Å². The van der Waals surface area contributed by atoms with Crippen LogP contribution >= 0.6 is 15.9 Å². The van der Waals surface area contributed by atoms with Crippen LogP contribution in [-0.2, 0) is 13.2 Å². The third kappa shape index (κ3) is 4.32. The number of nitrogens with zero attached hydrogens (tertiary/aromatic N) is 4. The van der Waals surface area contributed by atoms with Crippen molar-refractivity contribution in [1.29, 1.82) is 0 Å². The molecular weight excluding hydrogens is 502 g/mol. The Morgan fingerprint density at radius 3 is 2.79 bits per heavy atom. The summed E-state index contributed by atoms with van der Waals surface area (Å²) in [6.07, 6.45) is -0.492. The maximum atomic E-state index is 12.7. The molecule has 172 valence electrons. The molecular formula is C24H20BrN5O4. The number of tetrazole rings is 1. The number of aromatic amines is 1. The second-order valence-corrected chi connectivity index (χ2v) is 8.58. The van der Waals surface area contributed by atoms with E-state index in [-0.39, 0.29) is 12.6 Å². The quantitative estimate of drug-likeness (QED) is 0.319. The molecule has 2 heterocycles. The molecule has 2 aromatic heterocycles. The van der Waals surface area contributed by atoms with Crippen molar-refractivity contribution < 1.29 is 18.7 Å². The van der Waals surface area contributed by atoms with E-state index < -0.39 is 6.09 Å². The van der Waals surface area contributed by atoms with Gasteiger partial charge in [0.1, 0.15) is 11.3 Å². The largest absolute Gasteiger partial charge is 0.484 e. The molecule has 0 unspecified atom stereocenters. The van der Waals surface area contributed by atoms with Crippen LogP contribution in [-0.4, -0.2) is 38.7 Å². The Hall–Kier alpha value is -3.92. The summed E-state index contributed by atoms with van der Waals surface area (Å²) in [5.74, 6) is 1.36. The van der Waals surface area contributed by atoms with Crippen LogP contribution in [0.2, 0.25) is 0 Å². The first kappa shape index (κ1) is 21.9. The highest BCUT2D eigenvalue weighted by atomic mass is 79.9. The monoisotopic (exact) mass is 521 g/mol. The Bertz CT molecular complexity index is 1480. The van der Waals surface area contributed by atoms with Gasteiger partial charge in [-0.25, -0.2) is 4.79 Å². The SMILES string of the molecule is Cc1c(OC(=O)N(C)Cc2ccc3c(Br)c(OCc4nn[nH]n4)ccc3c2)oc2ccccc12. The molecule has 9 nitrogen and oxygen atoms in total. The van der Waals surface area contributed by atoms with Gasteiger partial charge in [0.05, 0.1) is 4.47 Å². The van der Waals surface area contributed by atoms with Gasteiger partial charge in [-0.05, 0) is 57.4 Å². The van der Waals surface area contributed by atoms with Gasteiger partial charge in [0.15, 0.2) is 6.61 Å². The Morgan fingerprint density at radius 1 is 1.15 bits per heavy atom. The number of aromatic nitrogens is 4. The number of hydrogen-bond donors (Lipinski definition) is 1. The Balaban J connectivity index is 1.28. The zero-order valence-corrected chi connectivity index (χ0v) is 20.0. The molecule has 1 amide bonds. The number of H-pyrrole nitrogens is 1. The topological polar surface area (TPSA) is 106 Å². The van der Waals surface area contributed by atoms with E-state index in [1.807, 2.05) is 61.5 Å². The minimum Gasteiger partial charge on any atom is -0.484 e. The minimum atomic E-state index is -0.492. The van der Waals surface area contributed by atoms with Crippen molar-refractivity contribution in [2.45, 2.75) is 20.1 Å². The predicted octanol–water partition coefficient (Wildman–Crippen LogP) is 5.38. The van der Waals surface area contributed by atoms with Gasteiger partial charge in [0, 0.05) is 24.5 Å². The fourth-order valence-corrected chi connectivity index (χ4v) is 4.27. The summed E-state index contributed by atoms with van der Waals surface area (Å²) in [7, 11) is 1.69. The van der Waals surface area contributed by atoms with Crippen LogP contribution in [0.4, 0.5) is 4.79 Å². The number of nitrogens with one attached hydrogen (secondary N) is 1. The van der Waals surface area contributed by atoms with E-state index in [9.17, 15) is 4.79 Å². The molecule has 0 bridgehead atoms. The van der Waals surface area contributed by atoms with Crippen molar-refractivity contribution in [3.8, 4) is 11.7 Å². The van der Waals surface area contributed by atoms with Crippen molar-refractivity contribution in [1.82, 2.24) is 25.5 Å². The lowest BCUT2D eigenvalue weighted by Gasteiger charge is -2.17. The molecule has 0 aliphatic carbocycles. The predicted molar refractivity (Wildman–Crippen MR) is 129 cm³/mol. The summed E-state index contributed by atoms with van der Waals surface area (Å²) in [5.41, 5.74) is 2.44. The third-order valence-corrected chi connectivity index (χ3v) is 6.26. The number of carbonyl (C=O) groups excluding carboxylic acids is 1. The molecule has 0 aliphatic rings. The number of halogens is 1. The number of para-hydroxylation sites is 1. The number of amides is 1. The molecule has 0 radical (unpaired) electrons. The number of rotatable bonds is 6. The molecule has 0 fully saturated rings. The summed E-state index contributed by atoms with van der Waals surface area (Å²) < 4.78 is 17.8. The number of hydrogen-bond acceptors (Lipinski definition) is 7. The first-order chi connectivity index (χ1) is 16.5. The van der Waals surface area contributed by atoms with Crippen LogP contribution in [0.15, 0.2) is 63.5 Å². The Labute approximate surface area is 202 Å². The van der Waals surface area contributed by atoms with Crippen LogP contribution in [0.1, 0.15) is 17.0 Å². The van der Waals surface area contributed by atoms with Crippen molar-refractivity contribution in [3.63, 3.8) is 0 Å². The minimum absolute atomic E-state index is 0.205. The second kappa shape index (κ2) is 9.14. The number of fused-ring (bicyclic) bond motifs is 2. The van der Waals surface area contributed by atoms with Gasteiger partial charge < -0.3 is 18.8 Å². The zero-order valence-electron chi connectivity index (χ0n) is 18.4. The Morgan fingerprint density at radius 2 is 2.00 bits per heavy atom. The molecule has 10 heteroatoms. The first-order valence-electron chi connectivity index (χ1n) is 10.5. The number of benzene rings is 3. The van der Waals surface area contributed by atoms with E-state index in [1.165, 1.54) is 4.90 Å². The lowest BCUT2D eigenvalue weighted by atomic mass is 10.1. The highest BCUT2D eigenvalue weighted by molar-refractivity contribution is 9.10. The Kier molecular flexibility index (Phi) is 5.89. The normalized spacial score (nSPS) is 11.1. The zero-order chi connectivity index (χ0) is 23.7. The third-order valence-electron chi connectivity index (χ3n) is 5.44. The fraction of sp³-hybridized carbons (Fsp3) is 0.167. The molecule has 0 atom stereocenters. The van der Waals surface area contributed by atoms with Crippen LogP contribution in [0.5, 0.6) is 11.7 Å². The van der Waals surface area contributed by atoms with Gasteiger partial charge in [0.2, 0.25) is 5.82 Å². The maximum Gasteiger partial charge on any atom is 0.417 e. The smallest absolute Gasteiger partial charge is 0.417 e. The molecule has 0 aliphatic heterocycles. The lowest BCUT2D eigenvalue weighted by molar-refractivity contribution is 0.149. The van der Waals surface area contributed by atoms with E-state index >= 15 is 0 Å². The van der Waals surface area contributed by atoms with Gasteiger partial charge in [-0.15, -0.1) is 10.2 Å². The number of furan rings is 1. The summed E-state index contributed by atoms with van der Waals surface area (Å²) in [5, 5.41) is 16.6. The standard InChI is InChI=1S/C24H20BrN5O4/c1-14-17-5-3-4-6-19(17)33-23(14)34-24(31)30(2)12-15-7-9-18-16(11-15)8-10-20(22(18)25)32-13-21-26-28-29-27-21/h3-11H,12-13H2,1-2H3,(H,26,27,28,29). The lowest BCUT2D eigenvalue weighted by Crippen LogP contribution is -2.29. The summed E-state index contributed by atoms with van der Waals surface area (Å²) in [6, 6.07) is 17.4. The highest BCUT2D eigenvalue weighted by Gasteiger charge is 2.18. The summed E-state index contributed by atoms with van der Waals surface area (Å²) in [4.78, 5) is 14.2. The molecule has 34 heavy (non-hydrogen) atoms. The van der Waals surface area contributed by atoms with Gasteiger partial charge in [-0.2, -0.15) is 5.21 Å². The molecule has 0 spiro atoms. The maximum absolute atomic E-state index is 12.7. The molecule has 1 N–H and O–H groups in total. The van der Waals surface area contributed by atoms with E-state index in [4.69, 9.17) is 13.9 Å². The van der Waals surface area contributed by atoms with Gasteiger partial charge >= 0.3 is 6.09 Å². The highest BCUT2D eigenvalue weighted by Crippen LogP contribution is 2.34. The molecule has 5 rings (SSSR count). The van der Waals surface area contributed by atoms with E-state index in [2.05, 4.69) is 36.6 Å². The second-order valence-electron chi connectivity index (χ2n) is 7.78. The molecule has 5 aromatic rings. The summed E-state index contributed by atoms with van der Waals surface area (Å²) >= 11 is 3.62. The molecule has 0 saturated heterocycles. The van der Waals surface area contributed by atoms with Crippen LogP contribution in [0.3, 0.4) is 0 Å². The first-order valence-corrected chi connectivity index (χ1v) is 11.3. The fourth-order valence-electron chi connectivity index (χ4n) is 3.66. The van der Waals surface area contributed by atoms with Crippen LogP contribution in [0, 0.1) is 6.92 Å². The van der Waals surface area contributed by atoms with E-state index in [1.54, 1.807) is 7.05 Å². The van der Waals surface area contributed by atoms with Gasteiger partial charge in [-0.1, -0.05) is 41.6 Å². The number of carbonyl (C=O) groups is 1. The average molecular weight is 522 g/mol. The van der Waals surface area contributed by atoms with Crippen LogP contribution < -0.4 is 9.47 Å². The van der Waals surface area contributed by atoms with E-state index in [0.29, 0.717) is 23.7 Å².